The number of nitrogens with zero attached hydrogens (tertiary/aromatic N) is 1. The second kappa shape index (κ2) is 12.3. The number of H-pyrrole nitrogens is 1. The fourth-order valence-corrected chi connectivity index (χ4v) is 4.86. The van der Waals surface area contributed by atoms with Gasteiger partial charge in [0.25, 0.3) is 5.91 Å². The lowest BCUT2D eigenvalue weighted by Gasteiger charge is -2.32. The summed E-state index contributed by atoms with van der Waals surface area (Å²) in [5, 5.41) is 4.95. The molecule has 0 aliphatic carbocycles. The Labute approximate surface area is 216 Å². The van der Waals surface area contributed by atoms with Gasteiger partial charge in [0, 0.05) is 23.1 Å². The van der Waals surface area contributed by atoms with Gasteiger partial charge in [0.15, 0.2) is 5.76 Å². The number of hydrogen-bond acceptors (Lipinski definition) is 3. The van der Waals surface area contributed by atoms with E-state index in [1.54, 1.807) is 18.2 Å². The van der Waals surface area contributed by atoms with Crippen molar-refractivity contribution in [2.75, 3.05) is 33.3 Å². The molecule has 1 aromatic heterocycles. The molecule has 3 aromatic rings. The number of methoxy groups -OCH3 is 1. The van der Waals surface area contributed by atoms with Gasteiger partial charge in [-0.3, -0.25) is 4.79 Å². The largest absolute Gasteiger partial charge is 0.491 e. The number of benzene rings is 2. The van der Waals surface area contributed by atoms with E-state index in [0.29, 0.717) is 22.5 Å². The van der Waals surface area contributed by atoms with Crippen molar-refractivity contribution in [3.63, 3.8) is 0 Å². The first-order valence-electron chi connectivity index (χ1n) is 12.0. The number of allylic oxidation sites excluding steroid dienone is 2. The molecule has 35 heavy (non-hydrogen) atoms. The molecule has 2 N–H and O–H groups in total. The van der Waals surface area contributed by atoms with Gasteiger partial charge < -0.3 is 19.9 Å². The quantitative estimate of drug-likeness (QED) is 0.151. The molecule has 0 unspecified atom stereocenters. The second-order valence-electron chi connectivity index (χ2n) is 8.81. The van der Waals surface area contributed by atoms with Crippen LogP contribution in [0.15, 0.2) is 66.4 Å². The molecule has 7 heteroatoms. The fraction of sp³-hybridized carbons (Fsp3) is 0.321. The number of nitrogens with one attached hydrogen (secondary N) is 2. The van der Waals surface area contributed by atoms with Gasteiger partial charge in [-0.05, 0) is 80.7 Å². The van der Waals surface area contributed by atoms with Crippen LogP contribution in [0.25, 0.3) is 17.0 Å². The van der Waals surface area contributed by atoms with Gasteiger partial charge in [-0.2, -0.15) is 0 Å². The lowest BCUT2D eigenvalue weighted by atomic mass is 9.89. The Morgan fingerprint density at radius 3 is 2.63 bits per heavy atom. The van der Waals surface area contributed by atoms with Crippen molar-refractivity contribution < 1.29 is 9.53 Å². The molecule has 0 atom stereocenters. The summed E-state index contributed by atoms with van der Waals surface area (Å²) in [6.45, 7) is 3.81. The molecule has 2 aromatic carbocycles. The molecule has 1 aliphatic heterocycles. The fourth-order valence-electron chi connectivity index (χ4n) is 4.52. The van der Waals surface area contributed by atoms with E-state index in [4.69, 9.17) is 27.9 Å². The first-order valence-corrected chi connectivity index (χ1v) is 12.7. The molecule has 0 spiro atoms. The van der Waals surface area contributed by atoms with Crippen LogP contribution < -0.4 is 5.32 Å². The van der Waals surface area contributed by atoms with Crippen LogP contribution in [0.3, 0.4) is 0 Å². The van der Waals surface area contributed by atoms with Crippen molar-refractivity contribution in [3.05, 3.63) is 87.7 Å². The molecular weight excluding hydrogens is 481 g/mol. The summed E-state index contributed by atoms with van der Waals surface area (Å²) >= 11 is 12.2. The summed E-state index contributed by atoms with van der Waals surface area (Å²) in [6.07, 6.45) is 8.60. The number of halogens is 2. The molecule has 5 nitrogen and oxygen atoms in total. The molecule has 184 valence electrons. The molecule has 4 rings (SSSR count). The van der Waals surface area contributed by atoms with Crippen LogP contribution in [-0.2, 0) is 9.53 Å². The predicted molar refractivity (Wildman–Crippen MR) is 145 cm³/mol. The maximum atomic E-state index is 12.5. The molecule has 0 bridgehead atoms. The molecule has 1 aliphatic rings. The molecule has 1 saturated heterocycles. The highest BCUT2D eigenvalue weighted by Gasteiger charge is 2.20. The van der Waals surface area contributed by atoms with Crippen LogP contribution in [0.2, 0.25) is 10.0 Å². The van der Waals surface area contributed by atoms with Gasteiger partial charge in [0.05, 0.1) is 17.2 Å². The average molecular weight is 512 g/mol. The summed E-state index contributed by atoms with van der Waals surface area (Å²) in [5.41, 5.74) is 3.23. The number of aromatic amines is 1. The topological polar surface area (TPSA) is 57.4 Å². The minimum Gasteiger partial charge on any atom is -0.491 e. The lowest BCUT2D eigenvalue weighted by Crippen LogP contribution is -2.35. The van der Waals surface area contributed by atoms with Crippen LogP contribution >= 0.6 is 23.2 Å². The number of carbonyl (C=O) groups excluding carboxylic acids is 1. The zero-order chi connectivity index (χ0) is 24.6. The van der Waals surface area contributed by atoms with Gasteiger partial charge >= 0.3 is 0 Å². The van der Waals surface area contributed by atoms with E-state index in [9.17, 15) is 4.79 Å². The highest BCUT2D eigenvalue weighted by molar-refractivity contribution is 6.42. The van der Waals surface area contributed by atoms with Gasteiger partial charge in [-0.25, -0.2) is 0 Å². The number of piperidine rings is 1. The molecule has 0 radical (unpaired) electrons. The Balaban J connectivity index is 1.20. The number of amides is 1. The minimum atomic E-state index is -0.213. The first-order chi connectivity index (χ1) is 17.0. The Morgan fingerprint density at radius 1 is 1.14 bits per heavy atom. The predicted octanol–water partition coefficient (Wildman–Crippen LogP) is 6.40. The SMILES string of the molecule is CO/C(=C\C=C\c1cc2cc(Cl)c(Cl)cc2[nH]1)C(=O)NCCCN1CCC(c2ccccc2)CC1. The van der Waals surface area contributed by atoms with E-state index in [2.05, 4.69) is 45.5 Å². The van der Waals surface area contributed by atoms with E-state index >= 15 is 0 Å². The molecule has 0 saturated carbocycles. The first kappa shape index (κ1) is 25.4. The Kier molecular flexibility index (Phi) is 8.91. The minimum absolute atomic E-state index is 0.213. The summed E-state index contributed by atoms with van der Waals surface area (Å²) in [5.74, 6) is 0.719. The summed E-state index contributed by atoms with van der Waals surface area (Å²) < 4.78 is 5.28. The zero-order valence-electron chi connectivity index (χ0n) is 19.9. The van der Waals surface area contributed by atoms with Gasteiger partial charge in [0.1, 0.15) is 0 Å². The van der Waals surface area contributed by atoms with Crippen molar-refractivity contribution in [3.8, 4) is 0 Å². The summed E-state index contributed by atoms with van der Waals surface area (Å²) in [6, 6.07) is 16.4. The molecule has 1 fully saturated rings. The monoisotopic (exact) mass is 511 g/mol. The van der Waals surface area contributed by atoms with E-state index in [-0.39, 0.29) is 11.7 Å². The second-order valence-corrected chi connectivity index (χ2v) is 9.62. The third-order valence-electron chi connectivity index (χ3n) is 6.44. The maximum Gasteiger partial charge on any atom is 0.286 e. The van der Waals surface area contributed by atoms with Crippen molar-refractivity contribution in [2.24, 2.45) is 0 Å². The van der Waals surface area contributed by atoms with Crippen molar-refractivity contribution in [2.45, 2.75) is 25.2 Å². The number of aromatic nitrogens is 1. The average Bonchev–Trinajstić information content (AvgIpc) is 3.26. The van der Waals surface area contributed by atoms with Crippen molar-refractivity contribution in [1.29, 1.82) is 0 Å². The Morgan fingerprint density at radius 2 is 1.89 bits per heavy atom. The lowest BCUT2D eigenvalue weighted by molar-refractivity contribution is -0.120. The molecular formula is C28H31Cl2N3O2. The van der Waals surface area contributed by atoms with Crippen LogP contribution in [0.4, 0.5) is 0 Å². The van der Waals surface area contributed by atoms with Crippen LogP contribution in [-0.4, -0.2) is 49.1 Å². The van der Waals surface area contributed by atoms with E-state index in [0.717, 1.165) is 42.7 Å². The highest BCUT2D eigenvalue weighted by Crippen LogP contribution is 2.29. The third kappa shape index (κ3) is 6.91. The molecule has 1 amide bonds. The standard InChI is InChI=1S/C28H31Cl2N3O2/c1-35-27(10-5-9-23-17-22-18-24(29)25(30)19-26(22)32-23)28(34)31-13-6-14-33-15-11-21(12-16-33)20-7-3-2-4-8-20/h2-5,7-10,17-19,21,32H,6,11-16H2,1H3,(H,31,34)/b9-5+,27-10-. The maximum absolute atomic E-state index is 12.5. The third-order valence-corrected chi connectivity index (χ3v) is 7.17. The van der Waals surface area contributed by atoms with Crippen LogP contribution in [0.5, 0.6) is 0 Å². The van der Waals surface area contributed by atoms with Crippen LogP contribution in [0.1, 0.15) is 36.4 Å². The zero-order valence-corrected chi connectivity index (χ0v) is 21.4. The van der Waals surface area contributed by atoms with Gasteiger partial charge in [-0.15, -0.1) is 0 Å². The Hall–Kier alpha value is -2.73. The van der Waals surface area contributed by atoms with Gasteiger partial charge in [0.2, 0.25) is 0 Å². The smallest absolute Gasteiger partial charge is 0.286 e. The van der Waals surface area contributed by atoms with E-state index in [1.807, 2.05) is 18.2 Å². The summed E-state index contributed by atoms with van der Waals surface area (Å²) in [4.78, 5) is 18.2. The number of carbonyl (C=O) groups is 1. The Bertz CT molecular complexity index is 1160. The number of fused-ring (bicyclic) bond motifs is 1. The number of hydrogen-bond donors (Lipinski definition) is 2. The number of rotatable bonds is 9. The summed E-state index contributed by atoms with van der Waals surface area (Å²) in [7, 11) is 1.50. The highest BCUT2D eigenvalue weighted by atomic mass is 35.5. The number of ether oxygens (including phenoxy) is 1. The van der Waals surface area contributed by atoms with Crippen LogP contribution in [0, 0.1) is 0 Å². The van der Waals surface area contributed by atoms with E-state index in [1.165, 1.54) is 25.5 Å². The van der Waals surface area contributed by atoms with E-state index < -0.39 is 0 Å². The number of likely N-dealkylation sites (tertiary alicyclic amines) is 1. The molecule has 2 heterocycles. The van der Waals surface area contributed by atoms with Crippen molar-refractivity contribution >= 4 is 46.1 Å². The van der Waals surface area contributed by atoms with Crippen molar-refractivity contribution in [1.82, 2.24) is 15.2 Å². The normalized spacial score (nSPS) is 15.7. The van der Waals surface area contributed by atoms with Gasteiger partial charge in [-0.1, -0.05) is 59.6 Å².